The summed E-state index contributed by atoms with van der Waals surface area (Å²) in [6, 6.07) is 10.4. The zero-order valence-electron chi connectivity index (χ0n) is 12.6. The molecule has 23 heavy (non-hydrogen) atoms. The van der Waals surface area contributed by atoms with Gasteiger partial charge >= 0.3 is 6.18 Å². The van der Waals surface area contributed by atoms with Crippen molar-refractivity contribution in [3.05, 3.63) is 59.3 Å². The summed E-state index contributed by atoms with van der Waals surface area (Å²) in [5, 5.41) is 2.98. The number of nitrogens with one attached hydrogen (secondary N) is 1. The molecule has 2 heterocycles. The third-order valence-electron chi connectivity index (χ3n) is 4.03. The largest absolute Gasteiger partial charge is 0.416 e. The highest BCUT2D eigenvalue weighted by Crippen LogP contribution is 2.29. The van der Waals surface area contributed by atoms with Crippen LogP contribution < -0.4 is 5.32 Å². The summed E-state index contributed by atoms with van der Waals surface area (Å²) >= 11 is 0. The molecule has 1 N–H and O–H groups in total. The predicted molar refractivity (Wildman–Crippen MR) is 83.2 cm³/mol. The van der Waals surface area contributed by atoms with E-state index in [1.165, 1.54) is 17.3 Å². The van der Waals surface area contributed by atoms with Crippen molar-refractivity contribution in [2.24, 2.45) is 0 Å². The fourth-order valence-corrected chi connectivity index (χ4v) is 2.79. The molecule has 0 saturated carbocycles. The van der Waals surface area contributed by atoms with Gasteiger partial charge in [-0.25, -0.2) is 4.98 Å². The molecule has 0 saturated heterocycles. The van der Waals surface area contributed by atoms with Crippen molar-refractivity contribution in [3.8, 4) is 0 Å². The van der Waals surface area contributed by atoms with Crippen LogP contribution in [0.25, 0.3) is 0 Å². The lowest BCUT2D eigenvalue weighted by molar-refractivity contribution is -0.137. The molecule has 0 atom stereocenters. The van der Waals surface area contributed by atoms with Gasteiger partial charge in [0.1, 0.15) is 5.82 Å². The number of alkyl halides is 3. The summed E-state index contributed by atoms with van der Waals surface area (Å²) < 4.78 is 38.0. The van der Waals surface area contributed by atoms with Crippen molar-refractivity contribution in [2.45, 2.75) is 19.1 Å². The lowest BCUT2D eigenvalue weighted by Crippen LogP contribution is -2.34. The molecule has 2 aromatic rings. The molecular formula is C17H18F3N3. The van der Waals surface area contributed by atoms with Gasteiger partial charge in [0, 0.05) is 32.4 Å². The molecule has 6 heteroatoms. The smallest absolute Gasteiger partial charge is 0.369 e. The number of halogens is 3. The van der Waals surface area contributed by atoms with Crippen molar-refractivity contribution in [2.75, 3.05) is 25.0 Å². The van der Waals surface area contributed by atoms with Crippen LogP contribution in [0.5, 0.6) is 0 Å². The van der Waals surface area contributed by atoms with E-state index in [4.69, 9.17) is 0 Å². The summed E-state index contributed by atoms with van der Waals surface area (Å²) in [7, 11) is 0. The van der Waals surface area contributed by atoms with Crippen LogP contribution >= 0.6 is 0 Å². The van der Waals surface area contributed by atoms with Gasteiger partial charge in [-0.3, -0.25) is 4.90 Å². The van der Waals surface area contributed by atoms with E-state index < -0.39 is 11.7 Å². The molecule has 1 aliphatic heterocycles. The molecule has 3 rings (SSSR count). The summed E-state index contributed by atoms with van der Waals surface area (Å²) in [5.74, 6) is 0.261. The summed E-state index contributed by atoms with van der Waals surface area (Å²) in [5.41, 5.74) is 2.04. The van der Waals surface area contributed by atoms with Crippen LogP contribution in [0.15, 0.2) is 42.6 Å². The van der Waals surface area contributed by atoms with Crippen LogP contribution in [0.4, 0.5) is 19.0 Å². The van der Waals surface area contributed by atoms with Crippen LogP contribution in [0.1, 0.15) is 16.7 Å². The molecule has 0 radical (unpaired) electrons. The Morgan fingerprint density at radius 3 is 2.70 bits per heavy atom. The summed E-state index contributed by atoms with van der Waals surface area (Å²) in [4.78, 5) is 6.24. The standard InChI is InChI=1S/C17H18F3N3/c18-17(19,20)15-5-7-21-16(11-15)22-8-10-23-9-6-13-3-1-2-4-14(13)12-23/h1-5,7,11H,6,8-10,12H2,(H,21,22). The fraction of sp³-hybridized carbons (Fsp3) is 0.353. The molecule has 1 aromatic carbocycles. The van der Waals surface area contributed by atoms with Crippen LogP contribution in [0.3, 0.4) is 0 Å². The first-order chi connectivity index (χ1) is 11.0. The number of hydrogen-bond donors (Lipinski definition) is 1. The van der Waals surface area contributed by atoms with Gasteiger partial charge in [0.05, 0.1) is 5.56 Å². The van der Waals surface area contributed by atoms with Gasteiger partial charge in [0.25, 0.3) is 0 Å². The number of rotatable bonds is 4. The average Bonchev–Trinajstić information content (AvgIpc) is 2.54. The highest BCUT2D eigenvalue weighted by molar-refractivity contribution is 5.38. The highest BCUT2D eigenvalue weighted by atomic mass is 19.4. The van der Waals surface area contributed by atoms with E-state index >= 15 is 0 Å². The maximum Gasteiger partial charge on any atom is 0.416 e. The Balaban J connectivity index is 1.53. The maximum atomic E-state index is 12.7. The minimum atomic E-state index is -4.34. The van der Waals surface area contributed by atoms with Crippen LogP contribution in [0.2, 0.25) is 0 Å². The van der Waals surface area contributed by atoms with Crippen molar-refractivity contribution < 1.29 is 13.2 Å². The number of anilines is 1. The average molecular weight is 321 g/mol. The number of hydrogen-bond acceptors (Lipinski definition) is 3. The van der Waals surface area contributed by atoms with E-state index in [1.807, 2.05) is 6.07 Å². The molecule has 1 aliphatic rings. The van der Waals surface area contributed by atoms with Gasteiger partial charge in [-0.05, 0) is 29.7 Å². The third kappa shape index (κ3) is 4.01. The molecule has 1 aromatic heterocycles. The topological polar surface area (TPSA) is 28.2 Å². The minimum absolute atomic E-state index is 0.261. The first kappa shape index (κ1) is 15.8. The van der Waals surface area contributed by atoms with Gasteiger partial charge in [0.15, 0.2) is 0 Å². The first-order valence-electron chi connectivity index (χ1n) is 7.58. The molecule has 0 unspecified atom stereocenters. The van der Waals surface area contributed by atoms with Crippen LogP contribution in [0, 0.1) is 0 Å². The fourth-order valence-electron chi connectivity index (χ4n) is 2.79. The Labute approximate surface area is 133 Å². The van der Waals surface area contributed by atoms with Gasteiger partial charge in [-0.15, -0.1) is 0 Å². The minimum Gasteiger partial charge on any atom is -0.369 e. The Morgan fingerprint density at radius 2 is 1.91 bits per heavy atom. The monoisotopic (exact) mass is 321 g/mol. The molecule has 122 valence electrons. The third-order valence-corrected chi connectivity index (χ3v) is 4.03. The normalized spacial score (nSPS) is 15.3. The van der Waals surface area contributed by atoms with Crippen molar-refractivity contribution >= 4 is 5.82 Å². The SMILES string of the molecule is FC(F)(F)c1ccnc(NCCN2CCc3ccccc3C2)c1. The van der Waals surface area contributed by atoms with Crippen LogP contribution in [-0.2, 0) is 19.1 Å². The lowest BCUT2D eigenvalue weighted by atomic mass is 10.00. The second-order valence-electron chi connectivity index (χ2n) is 5.65. The number of aromatic nitrogens is 1. The zero-order valence-corrected chi connectivity index (χ0v) is 12.6. The van der Waals surface area contributed by atoms with E-state index in [0.717, 1.165) is 38.2 Å². The van der Waals surface area contributed by atoms with Crippen LogP contribution in [-0.4, -0.2) is 29.5 Å². The number of fused-ring (bicyclic) bond motifs is 1. The Kier molecular flexibility index (Phi) is 4.52. The van der Waals surface area contributed by atoms with Gasteiger partial charge < -0.3 is 5.32 Å². The number of nitrogens with zero attached hydrogens (tertiary/aromatic N) is 2. The van der Waals surface area contributed by atoms with Gasteiger partial charge in [0.2, 0.25) is 0 Å². The van der Waals surface area contributed by atoms with E-state index in [2.05, 4.69) is 33.4 Å². The van der Waals surface area contributed by atoms with Crippen molar-refractivity contribution in [3.63, 3.8) is 0 Å². The highest BCUT2D eigenvalue weighted by Gasteiger charge is 2.30. The zero-order chi connectivity index (χ0) is 16.3. The summed E-state index contributed by atoms with van der Waals surface area (Å²) in [6.45, 7) is 3.19. The Morgan fingerprint density at radius 1 is 1.13 bits per heavy atom. The van der Waals surface area contributed by atoms with E-state index in [-0.39, 0.29) is 5.82 Å². The second kappa shape index (κ2) is 6.58. The first-order valence-corrected chi connectivity index (χ1v) is 7.58. The molecule has 0 amide bonds. The summed E-state index contributed by atoms with van der Waals surface area (Å²) in [6.07, 6.45) is -2.14. The molecule has 0 spiro atoms. The molecule has 3 nitrogen and oxygen atoms in total. The molecular weight excluding hydrogens is 303 g/mol. The van der Waals surface area contributed by atoms with Crippen molar-refractivity contribution in [1.82, 2.24) is 9.88 Å². The van der Waals surface area contributed by atoms with Crippen molar-refractivity contribution in [1.29, 1.82) is 0 Å². The number of benzene rings is 1. The predicted octanol–water partition coefficient (Wildman–Crippen LogP) is 3.57. The molecule has 0 bridgehead atoms. The van der Waals surface area contributed by atoms with E-state index in [9.17, 15) is 13.2 Å². The van der Waals surface area contributed by atoms with E-state index in [1.54, 1.807) is 0 Å². The quantitative estimate of drug-likeness (QED) is 0.933. The lowest BCUT2D eigenvalue weighted by Gasteiger charge is -2.28. The maximum absolute atomic E-state index is 12.7. The second-order valence-corrected chi connectivity index (χ2v) is 5.65. The Hall–Kier alpha value is -2.08. The Bertz CT molecular complexity index is 670. The number of pyridine rings is 1. The van der Waals surface area contributed by atoms with E-state index in [0.29, 0.717) is 6.54 Å². The van der Waals surface area contributed by atoms with Gasteiger partial charge in [-0.2, -0.15) is 13.2 Å². The molecule has 0 fully saturated rings. The van der Waals surface area contributed by atoms with Gasteiger partial charge in [-0.1, -0.05) is 24.3 Å². The molecule has 0 aliphatic carbocycles.